The molecule has 0 saturated carbocycles. The van der Waals surface area contributed by atoms with E-state index in [4.69, 9.17) is 17.2 Å². The Morgan fingerprint density at radius 1 is 0.712 bits per heavy atom. The predicted octanol–water partition coefficient (Wildman–Crippen LogP) is 9.05. The average molecular weight is 814 g/mol. The van der Waals surface area contributed by atoms with E-state index in [1.165, 1.54) is 0 Å². The molecule has 1 unspecified atom stereocenters. The summed E-state index contributed by atoms with van der Waals surface area (Å²) in [6, 6.07) is 23.8. The van der Waals surface area contributed by atoms with Gasteiger partial charge in [0.25, 0.3) is 0 Å². The maximum absolute atomic E-state index is 10.4. The van der Waals surface area contributed by atoms with Crippen molar-refractivity contribution in [2.45, 2.75) is 93.0 Å². The molecule has 6 heterocycles. The third-order valence-electron chi connectivity index (χ3n) is 9.90. The van der Waals surface area contributed by atoms with E-state index in [-0.39, 0.29) is 6.61 Å². The summed E-state index contributed by atoms with van der Waals surface area (Å²) >= 11 is 1.73. The molecule has 9 aromatic rings. The Morgan fingerprint density at radius 2 is 1.24 bits per heavy atom. The normalized spacial score (nSPS) is 12.4. The molecule has 59 heavy (non-hydrogen) atoms. The second-order valence-corrected chi connectivity index (χ2v) is 16.0. The Kier molecular flexibility index (Phi) is 13.2. The molecule has 8 N–H and O–H groups in total. The van der Waals surface area contributed by atoms with Crippen molar-refractivity contribution in [1.82, 2.24) is 39.0 Å². The van der Waals surface area contributed by atoms with Crippen molar-refractivity contribution in [3.63, 3.8) is 0 Å². The van der Waals surface area contributed by atoms with Crippen LogP contribution in [0.1, 0.15) is 72.1 Å². The van der Waals surface area contributed by atoms with Crippen LogP contribution >= 0.6 is 11.3 Å². The van der Waals surface area contributed by atoms with Crippen LogP contribution in [0.2, 0.25) is 0 Å². The number of pyridine rings is 3. The Balaban J connectivity index is 0.000000147. The van der Waals surface area contributed by atoms with Crippen LogP contribution in [0.4, 0.5) is 17.5 Å². The van der Waals surface area contributed by atoms with Crippen molar-refractivity contribution in [3.05, 3.63) is 90.0 Å². The Bertz CT molecular complexity index is 2860. The minimum atomic E-state index is -0.892. The van der Waals surface area contributed by atoms with Crippen molar-refractivity contribution < 1.29 is 10.2 Å². The van der Waals surface area contributed by atoms with Gasteiger partial charge in [-0.25, -0.2) is 29.9 Å². The molecule has 0 aliphatic heterocycles. The highest BCUT2D eigenvalue weighted by Crippen LogP contribution is 2.33. The highest BCUT2D eigenvalue weighted by molar-refractivity contribution is 7.19. The van der Waals surface area contributed by atoms with Crippen molar-refractivity contribution in [2.75, 3.05) is 17.2 Å². The van der Waals surface area contributed by atoms with E-state index >= 15 is 0 Å². The van der Waals surface area contributed by atoms with Gasteiger partial charge in [0, 0.05) is 22.7 Å². The Morgan fingerprint density at radius 3 is 1.80 bits per heavy atom. The van der Waals surface area contributed by atoms with Gasteiger partial charge in [-0.15, -0.1) is 11.3 Å². The molecule has 0 aliphatic carbocycles. The SMILES string of the molecule is CC.CC(C)Cn1cnc2c(N)nc3ccccc3c21.CCC(C)(O)Cn1c(CO)nc2c(N)nc3ccccc3c21.CCCc1nc2c(N)nc3ccccc3c2s1. The highest BCUT2D eigenvalue weighted by Gasteiger charge is 2.24. The number of rotatable bonds is 8. The Hall–Kier alpha value is -5.96. The fourth-order valence-electron chi connectivity index (χ4n) is 6.97. The summed E-state index contributed by atoms with van der Waals surface area (Å²) in [5, 5.41) is 24.4. The molecule has 0 bridgehead atoms. The first-order valence-electron chi connectivity index (χ1n) is 20.2. The molecule has 0 saturated heterocycles. The molecule has 14 heteroatoms. The Labute approximate surface area is 348 Å². The summed E-state index contributed by atoms with van der Waals surface area (Å²) in [5.74, 6) is 2.42. The number of para-hydroxylation sites is 3. The largest absolute Gasteiger partial charge is 0.388 e. The number of benzene rings is 3. The zero-order valence-electron chi connectivity index (χ0n) is 34.9. The van der Waals surface area contributed by atoms with E-state index in [9.17, 15) is 10.2 Å². The van der Waals surface area contributed by atoms with E-state index in [0.717, 1.165) is 83.9 Å². The van der Waals surface area contributed by atoms with Crippen LogP contribution < -0.4 is 17.2 Å². The van der Waals surface area contributed by atoms with Crippen LogP contribution in [-0.2, 0) is 26.1 Å². The fraction of sp³-hybridized carbons (Fsp3) is 0.333. The van der Waals surface area contributed by atoms with Gasteiger partial charge in [-0.3, -0.25) is 0 Å². The number of fused-ring (bicyclic) bond motifs is 9. The van der Waals surface area contributed by atoms with Crippen molar-refractivity contribution in [2.24, 2.45) is 5.92 Å². The molecule has 3 aromatic carbocycles. The second-order valence-electron chi connectivity index (χ2n) is 14.9. The van der Waals surface area contributed by atoms with Crippen LogP contribution in [0.3, 0.4) is 0 Å². The number of imidazole rings is 2. The lowest BCUT2D eigenvalue weighted by atomic mass is 10.0. The molecule has 9 rings (SSSR count). The maximum Gasteiger partial charge on any atom is 0.152 e. The zero-order valence-corrected chi connectivity index (χ0v) is 35.8. The van der Waals surface area contributed by atoms with Gasteiger partial charge >= 0.3 is 0 Å². The highest BCUT2D eigenvalue weighted by atomic mass is 32.1. The monoisotopic (exact) mass is 813 g/mol. The summed E-state index contributed by atoms with van der Waals surface area (Å²) < 4.78 is 5.18. The molecule has 13 nitrogen and oxygen atoms in total. The number of nitrogens with zero attached hydrogens (tertiary/aromatic N) is 8. The molecule has 0 spiro atoms. The van der Waals surface area contributed by atoms with E-state index in [1.807, 2.05) is 92.3 Å². The lowest BCUT2D eigenvalue weighted by molar-refractivity contribution is 0.0374. The summed E-state index contributed by atoms with van der Waals surface area (Å²) in [5.41, 5.74) is 23.8. The van der Waals surface area contributed by atoms with Gasteiger partial charge in [0.2, 0.25) is 0 Å². The molecule has 0 aliphatic rings. The summed E-state index contributed by atoms with van der Waals surface area (Å²) in [6.07, 6.45) is 4.56. The fourth-order valence-corrected chi connectivity index (χ4v) is 8.18. The number of thiazole rings is 1. The first kappa shape index (κ1) is 42.6. The van der Waals surface area contributed by atoms with Crippen molar-refractivity contribution in [1.29, 1.82) is 0 Å². The van der Waals surface area contributed by atoms with E-state index in [2.05, 4.69) is 67.4 Å². The molecular weight excluding hydrogens is 759 g/mol. The predicted molar refractivity (Wildman–Crippen MR) is 245 cm³/mol. The van der Waals surface area contributed by atoms with Gasteiger partial charge in [0.15, 0.2) is 17.5 Å². The van der Waals surface area contributed by atoms with E-state index in [0.29, 0.717) is 47.7 Å². The number of nitrogens with two attached hydrogens (primary N) is 3. The smallest absolute Gasteiger partial charge is 0.152 e. The van der Waals surface area contributed by atoms with Gasteiger partial charge in [0.1, 0.15) is 29.0 Å². The van der Waals surface area contributed by atoms with Crippen molar-refractivity contribution in [3.8, 4) is 0 Å². The number of hydrogen-bond donors (Lipinski definition) is 5. The summed E-state index contributed by atoms with van der Waals surface area (Å²) in [7, 11) is 0. The number of aryl methyl sites for hydroxylation is 1. The summed E-state index contributed by atoms with van der Waals surface area (Å²) in [4.78, 5) is 26.6. The van der Waals surface area contributed by atoms with Crippen LogP contribution in [0.25, 0.3) is 65.0 Å². The zero-order chi connectivity index (χ0) is 42.4. The molecular formula is C45H55N11O2S. The minimum Gasteiger partial charge on any atom is -0.388 e. The number of aliphatic hydroxyl groups excluding tert-OH is 1. The van der Waals surface area contributed by atoms with Gasteiger partial charge in [-0.2, -0.15) is 0 Å². The lowest BCUT2D eigenvalue weighted by Crippen LogP contribution is -2.30. The van der Waals surface area contributed by atoms with Crippen LogP contribution in [0.5, 0.6) is 0 Å². The third kappa shape index (κ3) is 8.89. The van der Waals surface area contributed by atoms with Gasteiger partial charge < -0.3 is 36.5 Å². The van der Waals surface area contributed by atoms with Crippen LogP contribution in [-0.4, -0.2) is 54.9 Å². The first-order chi connectivity index (χ1) is 28.4. The van der Waals surface area contributed by atoms with Crippen LogP contribution in [0.15, 0.2) is 79.1 Å². The van der Waals surface area contributed by atoms with E-state index < -0.39 is 5.60 Å². The average Bonchev–Trinajstić information content (AvgIpc) is 3.96. The molecule has 308 valence electrons. The number of aromatic nitrogens is 8. The van der Waals surface area contributed by atoms with Gasteiger partial charge in [-0.05, 0) is 50.3 Å². The summed E-state index contributed by atoms with van der Waals surface area (Å²) in [6.45, 7) is 15.3. The minimum absolute atomic E-state index is 0.220. The number of nitrogen functional groups attached to an aromatic ring is 3. The van der Waals surface area contributed by atoms with Crippen LogP contribution in [0, 0.1) is 5.92 Å². The maximum atomic E-state index is 10.4. The molecule has 0 radical (unpaired) electrons. The van der Waals surface area contributed by atoms with Gasteiger partial charge in [0.05, 0.1) is 55.8 Å². The topological polar surface area (TPSA) is 206 Å². The van der Waals surface area contributed by atoms with Crippen molar-refractivity contribution >= 4 is 93.8 Å². The van der Waals surface area contributed by atoms with Gasteiger partial charge in [-0.1, -0.05) is 96.1 Å². The standard InChI is InChI=1S/C16H20N4O2.C14H16N4.C13H13N3S.C2H6/c1-3-16(2,22)9-20-12(8-21)19-13-14(20)10-6-4-5-7-11(10)18-15(13)17;1-9(2)7-18-8-16-12-13(18)10-5-3-4-6-11(10)17-14(12)15;1-2-5-10-16-11-12(17-10)8-6-3-4-7-9(8)15-13(11)14;1-2/h4-7,21-22H,3,8-9H2,1-2H3,(H2,17,18);3-6,8-9H,7H2,1-2H3,(H2,15,17);3-4,6-7H,2,5H2,1H3,(H2,14,15);1-2H3. The lowest BCUT2D eigenvalue weighted by Gasteiger charge is -2.23. The molecule has 6 aromatic heterocycles. The number of aliphatic hydroxyl groups is 2. The van der Waals surface area contributed by atoms with E-state index in [1.54, 1.807) is 18.3 Å². The quantitative estimate of drug-likeness (QED) is 0.0978. The second kappa shape index (κ2) is 18.3. The number of hydrogen-bond acceptors (Lipinski definition) is 12. The molecule has 0 fully saturated rings. The third-order valence-corrected chi connectivity index (χ3v) is 11.0. The molecule has 0 amide bonds. The first-order valence-corrected chi connectivity index (χ1v) is 21.0. The molecule has 1 atom stereocenters. The number of anilines is 3.